The Morgan fingerprint density at radius 3 is 2.57 bits per heavy atom. The zero-order chi connectivity index (χ0) is 15.6. The molecular weight excluding hydrogens is 350 g/mol. The number of rotatable bonds is 2. The highest BCUT2D eigenvalue weighted by Gasteiger charge is 2.18. The summed E-state index contributed by atoms with van der Waals surface area (Å²) in [5, 5.41) is 0. The van der Waals surface area contributed by atoms with Crippen LogP contribution in [-0.2, 0) is 4.79 Å². The molecule has 0 amide bonds. The van der Waals surface area contributed by atoms with Crippen molar-refractivity contribution in [1.29, 1.82) is 0 Å². The fourth-order valence-electron chi connectivity index (χ4n) is 1.59. The molecule has 0 saturated heterocycles. The van der Waals surface area contributed by atoms with Gasteiger partial charge in [0.15, 0.2) is 5.78 Å². The highest BCUT2D eigenvalue weighted by Crippen LogP contribution is 2.16. The number of aromatic amines is 1. The van der Waals surface area contributed by atoms with E-state index in [0.717, 1.165) is 10.0 Å². The molecule has 2 rings (SSSR count). The minimum absolute atomic E-state index is 0.00700. The number of aromatic nitrogens is 1. The summed E-state index contributed by atoms with van der Waals surface area (Å²) >= 11 is 4.74. The number of ketones is 1. The largest absolute Gasteiger partial charge is 0.313 e. The number of hydrogen-bond acceptors (Lipinski definition) is 3. The van der Waals surface area contributed by atoms with Crippen LogP contribution < -0.4 is 14.8 Å². The van der Waals surface area contributed by atoms with Crippen molar-refractivity contribution in [3.05, 3.63) is 53.9 Å². The molecule has 0 aliphatic rings. The lowest BCUT2D eigenvalue weighted by Gasteiger charge is -2.12. The molecule has 0 unspecified atom stereocenters. The maximum atomic E-state index is 12.0. The van der Waals surface area contributed by atoms with Gasteiger partial charge in [-0.05, 0) is 17.7 Å². The molecule has 21 heavy (non-hydrogen) atoms. The predicted molar refractivity (Wildman–Crippen MR) is 90.8 cm³/mol. The third kappa shape index (κ3) is 4.02. The van der Waals surface area contributed by atoms with Crippen LogP contribution in [0.25, 0.3) is 12.2 Å². The van der Waals surface area contributed by atoms with Crippen molar-refractivity contribution in [2.45, 2.75) is 20.8 Å². The first-order valence-electron chi connectivity index (χ1n) is 6.49. The van der Waals surface area contributed by atoms with Crippen LogP contribution in [0.2, 0.25) is 0 Å². The molecule has 1 aromatic heterocycles. The zero-order valence-corrected chi connectivity index (χ0v) is 14.5. The van der Waals surface area contributed by atoms with Gasteiger partial charge in [0, 0.05) is 16.0 Å². The number of halogens is 1. The Morgan fingerprint density at radius 2 is 1.95 bits per heavy atom. The predicted octanol–water partition coefficient (Wildman–Crippen LogP) is 2.42. The molecule has 1 heterocycles. The van der Waals surface area contributed by atoms with Crippen LogP contribution in [0.4, 0.5) is 0 Å². The summed E-state index contributed by atoms with van der Waals surface area (Å²) in [6.45, 7) is 5.56. The number of carbonyl (C=O) groups is 1. The lowest BCUT2D eigenvalue weighted by atomic mass is 9.91. The van der Waals surface area contributed by atoms with Crippen molar-refractivity contribution in [2.24, 2.45) is 5.41 Å². The lowest BCUT2D eigenvalue weighted by Crippen LogP contribution is -2.22. The first-order valence-corrected chi connectivity index (χ1v) is 8.10. The molecule has 0 saturated carbocycles. The highest BCUT2D eigenvalue weighted by molar-refractivity contribution is 9.10. The molecule has 0 atom stereocenters. The maximum Gasteiger partial charge on any atom is 0.266 e. The topological polar surface area (TPSA) is 49.9 Å². The van der Waals surface area contributed by atoms with E-state index in [9.17, 15) is 9.59 Å². The Morgan fingerprint density at radius 1 is 1.29 bits per heavy atom. The summed E-state index contributed by atoms with van der Waals surface area (Å²) in [5.41, 5.74) is 0.301. The molecule has 0 aliphatic carbocycles. The van der Waals surface area contributed by atoms with E-state index < -0.39 is 5.41 Å². The number of thiazole rings is 1. The van der Waals surface area contributed by atoms with E-state index in [0.29, 0.717) is 9.20 Å². The number of carbonyl (C=O) groups excluding carboxylic acids is 1. The van der Waals surface area contributed by atoms with Crippen molar-refractivity contribution < 1.29 is 4.79 Å². The lowest BCUT2D eigenvalue weighted by molar-refractivity contribution is -0.119. The van der Waals surface area contributed by atoms with Crippen molar-refractivity contribution in [2.75, 3.05) is 0 Å². The third-order valence-electron chi connectivity index (χ3n) is 2.87. The summed E-state index contributed by atoms with van der Waals surface area (Å²) in [7, 11) is 0. The van der Waals surface area contributed by atoms with Crippen molar-refractivity contribution in [3.63, 3.8) is 0 Å². The first-order chi connectivity index (χ1) is 9.77. The molecule has 2 aromatic rings. The number of Topliss-reactive ketones (excluding diaryl/α,β-unsaturated/α-hetero) is 1. The van der Waals surface area contributed by atoms with Crippen LogP contribution >= 0.6 is 27.3 Å². The molecule has 1 N–H and O–H groups in total. The third-order valence-corrected chi connectivity index (χ3v) is 4.56. The van der Waals surface area contributed by atoms with Gasteiger partial charge in [0.05, 0.1) is 9.20 Å². The Labute approximate surface area is 135 Å². The van der Waals surface area contributed by atoms with Gasteiger partial charge >= 0.3 is 0 Å². The van der Waals surface area contributed by atoms with Gasteiger partial charge in [0.1, 0.15) is 0 Å². The second-order valence-corrected chi connectivity index (χ2v) is 7.65. The summed E-state index contributed by atoms with van der Waals surface area (Å²) in [4.78, 5) is 26.7. The summed E-state index contributed by atoms with van der Waals surface area (Å²) < 4.78 is 2.09. The normalized spacial score (nSPS) is 13.7. The molecule has 0 fully saturated rings. The van der Waals surface area contributed by atoms with E-state index >= 15 is 0 Å². The zero-order valence-electron chi connectivity index (χ0n) is 12.1. The average Bonchev–Trinajstić information content (AvgIpc) is 2.71. The van der Waals surface area contributed by atoms with Crippen LogP contribution in [0.3, 0.4) is 0 Å². The van der Waals surface area contributed by atoms with Crippen molar-refractivity contribution in [1.82, 2.24) is 4.98 Å². The average molecular weight is 366 g/mol. The molecule has 5 heteroatoms. The van der Waals surface area contributed by atoms with E-state index in [-0.39, 0.29) is 11.3 Å². The van der Waals surface area contributed by atoms with Crippen LogP contribution in [0, 0.1) is 5.41 Å². The number of hydrogen-bond donors (Lipinski definition) is 1. The van der Waals surface area contributed by atoms with Gasteiger partial charge in [0.2, 0.25) is 0 Å². The maximum absolute atomic E-state index is 12.0. The Hall–Kier alpha value is -1.46. The van der Waals surface area contributed by atoms with Gasteiger partial charge in [-0.2, -0.15) is 0 Å². The van der Waals surface area contributed by atoms with Gasteiger partial charge < -0.3 is 4.98 Å². The smallest absolute Gasteiger partial charge is 0.266 e. The fourth-order valence-corrected chi connectivity index (χ4v) is 2.87. The SMILES string of the molecule is CC(C)(C)C(=O)/C=c1\[nH]c(=O)/c(=C/c2ccccc2Br)s1. The van der Waals surface area contributed by atoms with E-state index in [4.69, 9.17) is 0 Å². The second kappa shape index (κ2) is 6.12. The molecule has 0 aliphatic heterocycles. The van der Waals surface area contributed by atoms with Gasteiger partial charge in [-0.3, -0.25) is 9.59 Å². The van der Waals surface area contributed by atoms with Crippen LogP contribution in [0.15, 0.2) is 33.5 Å². The second-order valence-electron chi connectivity index (χ2n) is 5.71. The first kappa shape index (κ1) is 15.9. The highest BCUT2D eigenvalue weighted by atomic mass is 79.9. The summed E-state index contributed by atoms with van der Waals surface area (Å²) in [6.07, 6.45) is 3.32. The van der Waals surface area contributed by atoms with Gasteiger partial charge in [0.25, 0.3) is 5.56 Å². The number of H-pyrrole nitrogens is 1. The molecule has 0 bridgehead atoms. The molecular formula is C16H16BrNO2S. The molecule has 1 aromatic carbocycles. The Bertz CT molecular complexity index is 840. The van der Waals surface area contributed by atoms with Crippen molar-refractivity contribution >= 4 is 45.2 Å². The van der Waals surface area contributed by atoms with Gasteiger partial charge in [-0.15, -0.1) is 11.3 Å². The number of benzene rings is 1. The molecule has 0 radical (unpaired) electrons. The fraction of sp³-hybridized carbons (Fsp3) is 0.250. The van der Waals surface area contributed by atoms with E-state index in [1.807, 2.05) is 51.1 Å². The van der Waals surface area contributed by atoms with Crippen LogP contribution in [0.5, 0.6) is 0 Å². The molecule has 3 nitrogen and oxygen atoms in total. The van der Waals surface area contributed by atoms with Crippen molar-refractivity contribution in [3.8, 4) is 0 Å². The minimum atomic E-state index is -0.451. The van der Waals surface area contributed by atoms with Crippen LogP contribution in [0.1, 0.15) is 26.3 Å². The molecule has 0 spiro atoms. The van der Waals surface area contributed by atoms with Gasteiger partial charge in [-0.25, -0.2) is 0 Å². The number of nitrogens with one attached hydrogen (secondary N) is 1. The van der Waals surface area contributed by atoms with Crippen LogP contribution in [-0.4, -0.2) is 10.8 Å². The monoisotopic (exact) mass is 365 g/mol. The quantitative estimate of drug-likeness (QED) is 0.888. The van der Waals surface area contributed by atoms with Gasteiger partial charge in [-0.1, -0.05) is 54.9 Å². The Balaban J connectivity index is 2.51. The Kier molecular flexibility index (Phi) is 4.64. The minimum Gasteiger partial charge on any atom is -0.313 e. The molecule has 110 valence electrons. The standard InChI is InChI=1S/C16H16BrNO2S/c1-16(2,3)13(19)9-14-18-15(20)12(21-14)8-10-6-4-5-7-11(10)17/h4-9H,1-3H3,(H,18,20)/b12-8-,14-9+. The summed E-state index contributed by atoms with van der Waals surface area (Å²) in [6, 6.07) is 7.67. The van der Waals surface area contributed by atoms with E-state index in [2.05, 4.69) is 20.9 Å². The van der Waals surface area contributed by atoms with E-state index in [1.165, 1.54) is 17.4 Å². The van der Waals surface area contributed by atoms with E-state index in [1.54, 1.807) is 0 Å². The summed E-state index contributed by atoms with van der Waals surface area (Å²) in [5.74, 6) is -0.00700.